The monoisotopic (exact) mass is 357 g/mol. The smallest absolute Gasteiger partial charge is 0.350 e. The van der Waals surface area contributed by atoms with E-state index < -0.39 is 0 Å². The Morgan fingerprint density at radius 3 is 2.44 bits per heavy atom. The average Bonchev–Trinajstić information content (AvgIpc) is 3.11. The molecular weight excluding hydrogens is 340 g/mol. The van der Waals surface area contributed by atoms with Crippen LogP contribution in [0.5, 0.6) is 0 Å². The molecule has 0 spiro atoms. The van der Waals surface area contributed by atoms with E-state index in [1.165, 1.54) is 0 Å². The van der Waals surface area contributed by atoms with Crippen molar-refractivity contribution in [3.8, 4) is 22.5 Å². The van der Waals surface area contributed by atoms with Gasteiger partial charge in [0.05, 0.1) is 16.1 Å². The Labute approximate surface area is 154 Å². The first-order valence-corrected chi connectivity index (χ1v) is 8.25. The fourth-order valence-corrected chi connectivity index (χ4v) is 2.96. The molecule has 0 aliphatic rings. The second kappa shape index (κ2) is 6.72. The van der Waals surface area contributed by atoms with E-state index in [0.717, 1.165) is 33.3 Å². The standard InChI is InChI=1S/C20H16N6O/c21-16-3-1-2-14(10-16)12-4-6-13(7-5-12)19-17-11-15(20(22)24-26-23)8-9-18(17)25-27-19/h1-11H,21H2,(H3,22,23,24)/p+1. The van der Waals surface area contributed by atoms with E-state index in [2.05, 4.69) is 15.5 Å². The molecule has 0 unspecified atom stereocenters. The van der Waals surface area contributed by atoms with Gasteiger partial charge in [0.2, 0.25) is 0 Å². The first-order chi connectivity index (χ1) is 13.2. The summed E-state index contributed by atoms with van der Waals surface area (Å²) in [6, 6.07) is 21.2. The number of amidine groups is 1. The van der Waals surface area contributed by atoms with Gasteiger partial charge in [-0.2, -0.15) is 0 Å². The molecule has 0 amide bonds. The Morgan fingerprint density at radius 2 is 1.70 bits per heavy atom. The first kappa shape index (κ1) is 16.5. The van der Waals surface area contributed by atoms with Gasteiger partial charge in [-0.05, 0) is 41.5 Å². The van der Waals surface area contributed by atoms with E-state index in [1.54, 1.807) is 6.07 Å². The maximum absolute atomic E-state index is 5.87. The van der Waals surface area contributed by atoms with Crippen molar-refractivity contribution in [1.29, 1.82) is 0 Å². The number of aromatic nitrogens is 1. The van der Waals surface area contributed by atoms with Gasteiger partial charge in [-0.15, -0.1) is 0 Å². The molecule has 7 nitrogen and oxygen atoms in total. The number of nitrogen functional groups attached to an aromatic ring is 1. The van der Waals surface area contributed by atoms with Crippen LogP contribution in [-0.2, 0) is 0 Å². The van der Waals surface area contributed by atoms with Crippen LogP contribution < -0.4 is 17.0 Å². The van der Waals surface area contributed by atoms with Crippen molar-refractivity contribution in [2.75, 3.05) is 5.73 Å². The van der Waals surface area contributed by atoms with Gasteiger partial charge in [-0.3, -0.25) is 11.3 Å². The summed E-state index contributed by atoms with van der Waals surface area (Å²) in [5.41, 5.74) is 11.0. The van der Waals surface area contributed by atoms with Crippen LogP contribution in [0.4, 0.5) is 5.69 Å². The van der Waals surface area contributed by atoms with Crippen molar-refractivity contribution in [2.24, 2.45) is 16.2 Å². The summed E-state index contributed by atoms with van der Waals surface area (Å²) in [7, 11) is 0. The summed E-state index contributed by atoms with van der Waals surface area (Å²) < 4.78 is 5.56. The van der Waals surface area contributed by atoms with Gasteiger partial charge < -0.3 is 10.3 Å². The highest BCUT2D eigenvalue weighted by molar-refractivity contribution is 6.01. The molecule has 0 saturated carbocycles. The van der Waals surface area contributed by atoms with Crippen LogP contribution in [0.25, 0.3) is 33.4 Å². The number of nitrogens with zero attached hydrogens (tertiary/aromatic N) is 3. The Hall–Kier alpha value is -4.00. The van der Waals surface area contributed by atoms with E-state index in [0.29, 0.717) is 11.3 Å². The highest BCUT2D eigenvalue weighted by Crippen LogP contribution is 2.31. The lowest BCUT2D eigenvalue weighted by atomic mass is 10.0. The molecule has 4 aromatic rings. The van der Waals surface area contributed by atoms with Gasteiger partial charge in [0.25, 0.3) is 0 Å². The van der Waals surface area contributed by atoms with E-state index in [-0.39, 0.29) is 5.84 Å². The third-order valence-corrected chi connectivity index (χ3v) is 4.30. The fraction of sp³-hybridized carbons (Fsp3) is 0. The second-order valence-electron chi connectivity index (χ2n) is 6.05. The van der Waals surface area contributed by atoms with Gasteiger partial charge in [-0.25, -0.2) is 0 Å². The van der Waals surface area contributed by atoms with Crippen LogP contribution in [0.1, 0.15) is 5.56 Å². The maximum Gasteiger partial charge on any atom is 0.350 e. The zero-order valence-electron chi connectivity index (χ0n) is 14.3. The Balaban J connectivity index is 1.73. The van der Waals surface area contributed by atoms with Crippen LogP contribution in [0.15, 0.2) is 81.6 Å². The van der Waals surface area contributed by atoms with Crippen LogP contribution >= 0.6 is 0 Å². The molecule has 1 aromatic heterocycles. The Morgan fingerprint density at radius 1 is 0.926 bits per heavy atom. The first-order valence-electron chi connectivity index (χ1n) is 8.25. The van der Waals surface area contributed by atoms with E-state index >= 15 is 0 Å². The maximum atomic E-state index is 5.87. The summed E-state index contributed by atoms with van der Waals surface area (Å²) in [5.74, 6) is 5.95. The van der Waals surface area contributed by atoms with Gasteiger partial charge in [0.1, 0.15) is 5.52 Å². The lowest BCUT2D eigenvalue weighted by Gasteiger charge is -2.04. The molecule has 3 aromatic carbocycles. The third-order valence-electron chi connectivity index (χ3n) is 4.30. The molecule has 0 atom stereocenters. The molecule has 0 aliphatic heterocycles. The lowest BCUT2D eigenvalue weighted by molar-refractivity contribution is -0.114. The number of rotatable bonds is 3. The highest BCUT2D eigenvalue weighted by atomic mass is 16.5. The van der Waals surface area contributed by atoms with Gasteiger partial charge in [0.15, 0.2) is 5.76 Å². The largest absolute Gasteiger partial charge is 0.399 e. The minimum absolute atomic E-state index is 0.226. The topological polar surface area (TPSA) is 128 Å². The number of benzene rings is 3. The summed E-state index contributed by atoms with van der Waals surface area (Å²) in [4.78, 5) is 0. The van der Waals surface area contributed by atoms with Crippen LogP contribution in [0.2, 0.25) is 0 Å². The predicted molar refractivity (Wildman–Crippen MR) is 104 cm³/mol. The minimum Gasteiger partial charge on any atom is -0.399 e. The SMILES string of the molecule is NN=NC(=[NH2+])c1ccc2noc(-c3ccc(-c4cccc(N)c4)cc3)c2c1. The number of anilines is 1. The Bertz CT molecular complexity index is 1160. The quantitative estimate of drug-likeness (QED) is 0.130. The normalized spacial score (nSPS) is 11.3. The van der Waals surface area contributed by atoms with Gasteiger partial charge in [-0.1, -0.05) is 41.6 Å². The molecule has 132 valence electrons. The molecule has 6 N–H and O–H groups in total. The van der Waals surface area contributed by atoms with Gasteiger partial charge in [0, 0.05) is 16.5 Å². The minimum atomic E-state index is 0.226. The number of hydrogen-bond donors (Lipinski definition) is 3. The molecular formula is C20H17N6O+. The molecule has 0 saturated heterocycles. The molecule has 4 rings (SSSR count). The van der Waals surface area contributed by atoms with Crippen molar-refractivity contribution < 1.29 is 9.93 Å². The summed E-state index contributed by atoms with van der Waals surface area (Å²) in [5, 5.41) is 17.7. The third kappa shape index (κ3) is 3.13. The number of fused-ring (bicyclic) bond motifs is 1. The average molecular weight is 357 g/mol. The molecule has 0 fully saturated rings. The van der Waals surface area contributed by atoms with Crippen molar-refractivity contribution >= 4 is 22.4 Å². The van der Waals surface area contributed by atoms with E-state index in [9.17, 15) is 0 Å². The van der Waals surface area contributed by atoms with Crippen molar-refractivity contribution in [1.82, 2.24) is 5.16 Å². The highest BCUT2D eigenvalue weighted by Gasteiger charge is 2.15. The number of nitrogens with two attached hydrogens (primary N) is 3. The molecule has 0 aliphatic carbocycles. The molecule has 7 heteroatoms. The zero-order chi connectivity index (χ0) is 18.8. The summed E-state index contributed by atoms with van der Waals surface area (Å²) >= 11 is 0. The molecule has 0 bridgehead atoms. The van der Waals surface area contributed by atoms with Crippen molar-refractivity contribution in [3.05, 3.63) is 72.3 Å². The van der Waals surface area contributed by atoms with Crippen molar-refractivity contribution in [2.45, 2.75) is 0 Å². The van der Waals surface area contributed by atoms with Crippen LogP contribution in [-0.4, -0.2) is 11.0 Å². The van der Waals surface area contributed by atoms with E-state index in [4.69, 9.17) is 21.5 Å². The van der Waals surface area contributed by atoms with Crippen LogP contribution in [0.3, 0.4) is 0 Å². The zero-order valence-corrected chi connectivity index (χ0v) is 14.3. The molecule has 0 radical (unpaired) electrons. The Kier molecular flexibility index (Phi) is 4.10. The predicted octanol–water partition coefficient (Wildman–Crippen LogP) is 2.58. The van der Waals surface area contributed by atoms with Crippen molar-refractivity contribution in [3.63, 3.8) is 0 Å². The second-order valence-corrected chi connectivity index (χ2v) is 6.05. The lowest BCUT2D eigenvalue weighted by Crippen LogP contribution is -2.38. The van der Waals surface area contributed by atoms with Gasteiger partial charge >= 0.3 is 5.84 Å². The fourth-order valence-electron chi connectivity index (χ4n) is 2.96. The summed E-state index contributed by atoms with van der Waals surface area (Å²) in [6.45, 7) is 0. The van der Waals surface area contributed by atoms with E-state index in [1.807, 2.05) is 60.7 Å². The number of hydrogen-bond acceptors (Lipinski definition) is 4. The molecule has 27 heavy (non-hydrogen) atoms. The summed E-state index contributed by atoms with van der Waals surface area (Å²) in [6.07, 6.45) is 0. The van der Waals surface area contributed by atoms with Crippen LogP contribution in [0, 0.1) is 0 Å². The molecule has 1 heterocycles.